The van der Waals surface area contributed by atoms with Crippen LogP contribution >= 0.6 is 11.6 Å². The van der Waals surface area contributed by atoms with Gasteiger partial charge in [-0.3, -0.25) is 5.01 Å². The number of nitrogens with zero attached hydrogens (tertiary/aromatic N) is 2. The van der Waals surface area contributed by atoms with Crippen LogP contribution in [0, 0.1) is 0 Å². The first-order chi connectivity index (χ1) is 12.8. The molecule has 128 valence electrons. The molecule has 26 heavy (non-hydrogen) atoms. The van der Waals surface area contributed by atoms with Crippen LogP contribution in [0.1, 0.15) is 23.6 Å². The minimum absolute atomic E-state index is 0.145. The number of benzene rings is 3. The van der Waals surface area contributed by atoms with Crippen molar-refractivity contribution in [1.29, 1.82) is 0 Å². The fourth-order valence-electron chi connectivity index (χ4n) is 3.18. The highest BCUT2D eigenvalue weighted by molar-refractivity contribution is 6.33. The SMILES string of the molecule is Clc1ccccc1N1N=C(/C=C/c2ccccc2)C[C@H]1c1ccccc1. The highest BCUT2D eigenvalue weighted by atomic mass is 35.5. The molecule has 3 aromatic carbocycles. The summed E-state index contributed by atoms with van der Waals surface area (Å²) in [5, 5.41) is 7.63. The van der Waals surface area contributed by atoms with Gasteiger partial charge < -0.3 is 0 Å². The first kappa shape index (κ1) is 16.6. The summed E-state index contributed by atoms with van der Waals surface area (Å²) in [5.41, 5.74) is 4.38. The summed E-state index contributed by atoms with van der Waals surface area (Å²) in [7, 11) is 0. The Bertz CT molecular complexity index is 933. The Labute approximate surface area is 159 Å². The highest BCUT2D eigenvalue weighted by Crippen LogP contribution is 2.38. The van der Waals surface area contributed by atoms with Crippen molar-refractivity contribution in [3.05, 3.63) is 107 Å². The van der Waals surface area contributed by atoms with Crippen molar-refractivity contribution in [3.8, 4) is 0 Å². The number of hydrogen-bond donors (Lipinski definition) is 0. The molecule has 0 N–H and O–H groups in total. The van der Waals surface area contributed by atoms with Crippen LogP contribution in [-0.4, -0.2) is 5.71 Å². The first-order valence-corrected chi connectivity index (χ1v) is 9.08. The van der Waals surface area contributed by atoms with Crippen molar-refractivity contribution in [2.75, 3.05) is 5.01 Å². The zero-order valence-corrected chi connectivity index (χ0v) is 15.1. The van der Waals surface area contributed by atoms with Gasteiger partial charge in [0.2, 0.25) is 0 Å². The van der Waals surface area contributed by atoms with E-state index in [0.717, 1.165) is 17.8 Å². The topological polar surface area (TPSA) is 15.6 Å². The van der Waals surface area contributed by atoms with E-state index in [-0.39, 0.29) is 6.04 Å². The molecule has 3 heteroatoms. The van der Waals surface area contributed by atoms with Gasteiger partial charge in [-0.1, -0.05) is 90.5 Å². The van der Waals surface area contributed by atoms with Gasteiger partial charge in [-0.15, -0.1) is 0 Å². The van der Waals surface area contributed by atoms with Crippen LogP contribution in [0.3, 0.4) is 0 Å². The molecular weight excluding hydrogens is 340 g/mol. The van der Waals surface area contributed by atoms with Gasteiger partial charge in [0.15, 0.2) is 0 Å². The van der Waals surface area contributed by atoms with Gasteiger partial charge in [-0.05, 0) is 29.3 Å². The van der Waals surface area contributed by atoms with E-state index in [1.807, 2.05) is 53.5 Å². The third-order valence-electron chi connectivity index (χ3n) is 4.49. The Balaban J connectivity index is 1.68. The Morgan fingerprint density at radius 1 is 0.808 bits per heavy atom. The first-order valence-electron chi connectivity index (χ1n) is 8.70. The monoisotopic (exact) mass is 358 g/mol. The third-order valence-corrected chi connectivity index (χ3v) is 4.80. The van der Waals surface area contributed by atoms with Gasteiger partial charge in [0.25, 0.3) is 0 Å². The van der Waals surface area contributed by atoms with Gasteiger partial charge in [-0.2, -0.15) is 5.10 Å². The van der Waals surface area contributed by atoms with E-state index < -0.39 is 0 Å². The van der Waals surface area contributed by atoms with E-state index in [4.69, 9.17) is 16.7 Å². The van der Waals surface area contributed by atoms with Crippen molar-refractivity contribution < 1.29 is 0 Å². The van der Waals surface area contributed by atoms with Crippen molar-refractivity contribution in [3.63, 3.8) is 0 Å². The Hall–Kier alpha value is -2.84. The largest absolute Gasteiger partial charge is 0.256 e. The maximum atomic E-state index is 6.45. The summed E-state index contributed by atoms with van der Waals surface area (Å²) in [6.07, 6.45) is 5.05. The van der Waals surface area contributed by atoms with E-state index in [2.05, 4.69) is 48.6 Å². The Morgan fingerprint density at radius 2 is 1.46 bits per heavy atom. The number of hydrogen-bond acceptors (Lipinski definition) is 2. The Kier molecular flexibility index (Phi) is 4.85. The van der Waals surface area contributed by atoms with Gasteiger partial charge in [0, 0.05) is 6.42 Å². The molecular formula is C23H19ClN2. The van der Waals surface area contributed by atoms with E-state index in [9.17, 15) is 0 Å². The number of hydrazone groups is 1. The molecule has 0 saturated carbocycles. The quantitative estimate of drug-likeness (QED) is 0.529. The fraction of sp³-hybridized carbons (Fsp3) is 0.0870. The molecule has 3 aromatic rings. The predicted octanol–water partition coefficient (Wildman–Crippen LogP) is 6.36. The van der Waals surface area contributed by atoms with Crippen LogP contribution < -0.4 is 5.01 Å². The molecule has 0 saturated heterocycles. The van der Waals surface area contributed by atoms with Crippen LogP contribution in [0.2, 0.25) is 5.02 Å². The molecule has 0 amide bonds. The van der Waals surface area contributed by atoms with E-state index in [1.165, 1.54) is 11.1 Å². The van der Waals surface area contributed by atoms with Crippen LogP contribution in [0.4, 0.5) is 5.69 Å². The van der Waals surface area contributed by atoms with Gasteiger partial charge in [-0.25, -0.2) is 0 Å². The van der Waals surface area contributed by atoms with E-state index in [1.54, 1.807) is 0 Å². The lowest BCUT2D eigenvalue weighted by Crippen LogP contribution is -2.18. The van der Waals surface area contributed by atoms with Crippen molar-refractivity contribution >= 4 is 29.1 Å². The number of allylic oxidation sites excluding steroid dienone is 1. The minimum atomic E-state index is 0.145. The summed E-state index contributed by atoms with van der Waals surface area (Å²) in [6.45, 7) is 0. The van der Waals surface area contributed by atoms with Crippen molar-refractivity contribution in [2.45, 2.75) is 12.5 Å². The standard InChI is InChI=1S/C23H19ClN2/c24-21-13-7-8-14-22(21)26-23(19-11-5-2-6-12-19)17-20(25-26)16-15-18-9-3-1-4-10-18/h1-16,23H,17H2/b16-15+/t23-/m0/s1. The Morgan fingerprint density at radius 3 is 2.19 bits per heavy atom. The third kappa shape index (κ3) is 3.56. The van der Waals surface area contributed by atoms with Gasteiger partial charge in [0.05, 0.1) is 22.5 Å². The summed E-state index contributed by atoms with van der Waals surface area (Å²) in [5.74, 6) is 0. The van der Waals surface area contributed by atoms with Crippen LogP contribution in [0.5, 0.6) is 0 Å². The molecule has 1 atom stereocenters. The molecule has 1 heterocycles. The molecule has 0 spiro atoms. The maximum Gasteiger partial charge on any atom is 0.0832 e. The zero-order valence-electron chi connectivity index (χ0n) is 14.3. The number of para-hydroxylation sites is 1. The van der Waals surface area contributed by atoms with Crippen LogP contribution in [0.15, 0.2) is 96.1 Å². The second-order valence-corrected chi connectivity index (χ2v) is 6.67. The minimum Gasteiger partial charge on any atom is -0.256 e. The van der Waals surface area contributed by atoms with Crippen molar-refractivity contribution in [1.82, 2.24) is 0 Å². The summed E-state index contributed by atoms with van der Waals surface area (Å²) in [4.78, 5) is 0. The van der Waals surface area contributed by atoms with Gasteiger partial charge >= 0.3 is 0 Å². The summed E-state index contributed by atoms with van der Waals surface area (Å²) in [6, 6.07) is 28.8. The summed E-state index contributed by atoms with van der Waals surface area (Å²) >= 11 is 6.45. The number of halogens is 1. The molecule has 0 aliphatic carbocycles. The average molecular weight is 359 g/mol. The lowest BCUT2D eigenvalue weighted by atomic mass is 10.0. The maximum absolute atomic E-state index is 6.45. The van der Waals surface area contributed by atoms with Gasteiger partial charge in [0.1, 0.15) is 0 Å². The van der Waals surface area contributed by atoms with Crippen molar-refractivity contribution in [2.24, 2.45) is 5.10 Å². The zero-order chi connectivity index (χ0) is 17.8. The molecule has 0 radical (unpaired) electrons. The van der Waals surface area contributed by atoms with E-state index >= 15 is 0 Å². The van der Waals surface area contributed by atoms with E-state index in [0.29, 0.717) is 5.02 Å². The second-order valence-electron chi connectivity index (χ2n) is 6.26. The molecule has 4 rings (SSSR count). The number of anilines is 1. The molecule has 0 unspecified atom stereocenters. The molecule has 1 aliphatic heterocycles. The smallest absolute Gasteiger partial charge is 0.0832 e. The lowest BCUT2D eigenvalue weighted by molar-refractivity contribution is 0.709. The lowest BCUT2D eigenvalue weighted by Gasteiger charge is -2.24. The molecule has 1 aliphatic rings. The molecule has 0 fully saturated rings. The predicted molar refractivity (Wildman–Crippen MR) is 111 cm³/mol. The fourth-order valence-corrected chi connectivity index (χ4v) is 3.41. The normalized spacial score (nSPS) is 16.9. The molecule has 0 bridgehead atoms. The van der Waals surface area contributed by atoms with Crippen LogP contribution in [0.25, 0.3) is 6.08 Å². The second kappa shape index (κ2) is 7.59. The molecule has 2 nitrogen and oxygen atoms in total. The highest BCUT2D eigenvalue weighted by Gasteiger charge is 2.29. The average Bonchev–Trinajstić information content (AvgIpc) is 3.12. The molecule has 0 aromatic heterocycles. The van der Waals surface area contributed by atoms with Crippen LogP contribution in [-0.2, 0) is 0 Å². The number of rotatable bonds is 4. The summed E-state index contributed by atoms with van der Waals surface area (Å²) < 4.78 is 0.